The van der Waals surface area contributed by atoms with E-state index in [0.29, 0.717) is 11.3 Å². The van der Waals surface area contributed by atoms with Crippen molar-refractivity contribution in [2.75, 3.05) is 7.05 Å². The minimum absolute atomic E-state index is 0.0898. The average molecular weight is 207 g/mol. The van der Waals surface area contributed by atoms with Gasteiger partial charge in [0.1, 0.15) is 11.3 Å². The normalized spacial score (nSPS) is 11.5. The fourth-order valence-corrected chi connectivity index (χ4v) is 1.34. The highest BCUT2D eigenvalue weighted by Crippen LogP contribution is 2.25. The van der Waals surface area contributed by atoms with E-state index in [4.69, 9.17) is 5.11 Å². The van der Waals surface area contributed by atoms with Gasteiger partial charge < -0.3 is 10.2 Å². The van der Waals surface area contributed by atoms with Gasteiger partial charge in [-0.1, -0.05) is 0 Å². The van der Waals surface area contributed by atoms with Crippen LogP contribution >= 0.6 is 0 Å². The first-order valence-corrected chi connectivity index (χ1v) is 4.48. The van der Waals surface area contributed by atoms with Crippen molar-refractivity contribution in [3.05, 3.63) is 28.8 Å². The van der Waals surface area contributed by atoms with Crippen LogP contribution in [-0.2, 0) is 0 Å². The lowest BCUT2D eigenvalue weighted by Crippen LogP contribution is -2.03. The van der Waals surface area contributed by atoms with E-state index in [1.165, 1.54) is 6.07 Å². The summed E-state index contributed by atoms with van der Waals surface area (Å²) in [5.74, 6) is -1.36. The Balaban J connectivity index is 3.48. The predicted octanol–water partition coefficient (Wildman–Crippen LogP) is 1.84. The van der Waals surface area contributed by atoms with Crippen LogP contribution in [0.3, 0.4) is 0 Å². The minimum Gasteiger partial charge on any atom is -0.506 e. The van der Waals surface area contributed by atoms with Gasteiger partial charge in [-0.05, 0) is 31.5 Å². The number of hydrogen-bond donors (Lipinski definition) is 2. The van der Waals surface area contributed by atoms with Gasteiger partial charge in [0, 0.05) is 18.3 Å². The number of aromatic hydroxyl groups is 1. The molecule has 0 aliphatic heterocycles. The standard InChI is InChI=1S/C11H13NO3/c1-6-4-8(7(2)12-3)10(13)9(5-6)11(14)15/h4-5,13H,1-3H3,(H,14,15). The largest absolute Gasteiger partial charge is 0.506 e. The van der Waals surface area contributed by atoms with Crippen molar-refractivity contribution in [3.63, 3.8) is 0 Å². The number of carboxylic acid groups (broad SMARTS) is 1. The molecule has 80 valence electrons. The Morgan fingerprint density at radius 2 is 1.87 bits per heavy atom. The third-order valence-electron chi connectivity index (χ3n) is 2.21. The molecule has 0 heterocycles. The maximum absolute atomic E-state index is 10.8. The molecule has 0 aliphatic carbocycles. The van der Waals surface area contributed by atoms with Gasteiger partial charge in [0.15, 0.2) is 0 Å². The Bertz CT molecular complexity index is 436. The van der Waals surface area contributed by atoms with Gasteiger partial charge in [0.2, 0.25) is 0 Å². The van der Waals surface area contributed by atoms with Crippen molar-refractivity contribution in [3.8, 4) is 5.75 Å². The van der Waals surface area contributed by atoms with E-state index in [2.05, 4.69) is 4.99 Å². The fraction of sp³-hybridized carbons (Fsp3) is 0.273. The van der Waals surface area contributed by atoms with Gasteiger partial charge in [0.25, 0.3) is 0 Å². The van der Waals surface area contributed by atoms with Crippen LogP contribution in [0.1, 0.15) is 28.4 Å². The van der Waals surface area contributed by atoms with E-state index in [9.17, 15) is 9.90 Å². The Morgan fingerprint density at radius 3 is 2.33 bits per heavy atom. The summed E-state index contributed by atoms with van der Waals surface area (Å²) in [5, 5.41) is 18.6. The quantitative estimate of drug-likeness (QED) is 0.727. The zero-order valence-electron chi connectivity index (χ0n) is 8.90. The van der Waals surface area contributed by atoms with Crippen LogP contribution in [0.15, 0.2) is 17.1 Å². The molecule has 1 rings (SSSR count). The predicted molar refractivity (Wildman–Crippen MR) is 57.9 cm³/mol. The summed E-state index contributed by atoms with van der Waals surface area (Å²) in [4.78, 5) is 14.8. The Labute approximate surface area is 87.9 Å². The third kappa shape index (κ3) is 2.15. The molecule has 0 unspecified atom stereocenters. The van der Waals surface area contributed by atoms with Crippen LogP contribution in [0.4, 0.5) is 0 Å². The first-order chi connectivity index (χ1) is 6.97. The van der Waals surface area contributed by atoms with E-state index >= 15 is 0 Å². The first kappa shape index (κ1) is 11.2. The van der Waals surface area contributed by atoms with Crippen molar-refractivity contribution in [1.29, 1.82) is 0 Å². The van der Waals surface area contributed by atoms with Crippen molar-refractivity contribution in [2.24, 2.45) is 4.99 Å². The molecule has 15 heavy (non-hydrogen) atoms. The van der Waals surface area contributed by atoms with Gasteiger partial charge >= 0.3 is 5.97 Å². The van der Waals surface area contributed by atoms with Crippen LogP contribution in [0.5, 0.6) is 5.75 Å². The molecule has 0 amide bonds. The molecule has 0 saturated heterocycles. The third-order valence-corrected chi connectivity index (χ3v) is 2.21. The van der Waals surface area contributed by atoms with E-state index in [1.54, 1.807) is 27.0 Å². The highest BCUT2D eigenvalue weighted by molar-refractivity contribution is 6.04. The van der Waals surface area contributed by atoms with Crippen molar-refractivity contribution >= 4 is 11.7 Å². The van der Waals surface area contributed by atoms with Crippen LogP contribution in [0.2, 0.25) is 0 Å². The number of nitrogens with zero attached hydrogens (tertiary/aromatic N) is 1. The summed E-state index contributed by atoms with van der Waals surface area (Å²) in [7, 11) is 1.59. The van der Waals surface area contributed by atoms with Gasteiger partial charge in [-0.15, -0.1) is 0 Å². The molecule has 0 aromatic heterocycles. The molecule has 4 heteroatoms. The number of aryl methyl sites for hydroxylation is 1. The number of hydrogen-bond acceptors (Lipinski definition) is 3. The minimum atomic E-state index is -1.14. The molecule has 1 aromatic rings. The number of phenols is 1. The summed E-state index contributed by atoms with van der Waals surface area (Å²) >= 11 is 0. The van der Waals surface area contributed by atoms with Crippen LogP contribution in [0.25, 0.3) is 0 Å². The highest BCUT2D eigenvalue weighted by Gasteiger charge is 2.15. The van der Waals surface area contributed by atoms with Crippen molar-refractivity contribution in [2.45, 2.75) is 13.8 Å². The van der Waals surface area contributed by atoms with Crippen molar-refractivity contribution in [1.82, 2.24) is 0 Å². The van der Waals surface area contributed by atoms with E-state index in [0.717, 1.165) is 5.56 Å². The molecule has 0 saturated carbocycles. The molecule has 2 N–H and O–H groups in total. The first-order valence-electron chi connectivity index (χ1n) is 4.48. The Morgan fingerprint density at radius 1 is 1.33 bits per heavy atom. The molecular formula is C11H13NO3. The topological polar surface area (TPSA) is 69.9 Å². The van der Waals surface area contributed by atoms with Crippen molar-refractivity contribution < 1.29 is 15.0 Å². The lowest BCUT2D eigenvalue weighted by molar-refractivity contribution is 0.0693. The van der Waals surface area contributed by atoms with Crippen LogP contribution in [0, 0.1) is 6.92 Å². The maximum atomic E-state index is 10.8. The molecular weight excluding hydrogens is 194 g/mol. The monoisotopic (exact) mass is 207 g/mol. The van der Waals surface area contributed by atoms with Gasteiger partial charge in [-0.3, -0.25) is 4.99 Å². The molecule has 0 fully saturated rings. The number of aliphatic imine (C=N–C) groups is 1. The molecule has 1 aromatic carbocycles. The SMILES string of the molecule is CN=C(C)c1cc(C)cc(C(=O)O)c1O. The van der Waals surface area contributed by atoms with Crippen LogP contribution < -0.4 is 0 Å². The maximum Gasteiger partial charge on any atom is 0.339 e. The number of carboxylic acids is 1. The van der Waals surface area contributed by atoms with Gasteiger partial charge in [-0.25, -0.2) is 4.79 Å². The smallest absolute Gasteiger partial charge is 0.339 e. The number of carbonyl (C=O) groups is 1. The van der Waals surface area contributed by atoms with Gasteiger partial charge in [0.05, 0.1) is 0 Å². The average Bonchev–Trinajstić information content (AvgIpc) is 2.19. The second-order valence-corrected chi connectivity index (χ2v) is 3.32. The Kier molecular flexibility index (Phi) is 3.09. The summed E-state index contributed by atoms with van der Waals surface area (Å²) in [5.41, 5.74) is 1.77. The van der Waals surface area contributed by atoms with Gasteiger partial charge in [-0.2, -0.15) is 0 Å². The van der Waals surface area contributed by atoms with E-state index < -0.39 is 5.97 Å². The molecule has 0 aliphatic rings. The molecule has 0 bridgehead atoms. The fourth-order valence-electron chi connectivity index (χ4n) is 1.34. The number of rotatable bonds is 2. The summed E-state index contributed by atoms with van der Waals surface area (Å²) in [6, 6.07) is 3.15. The van der Waals surface area contributed by atoms with E-state index in [1.807, 2.05) is 0 Å². The number of benzene rings is 1. The summed E-state index contributed by atoms with van der Waals surface area (Å²) < 4.78 is 0. The number of aromatic carboxylic acids is 1. The van der Waals surface area contributed by atoms with E-state index in [-0.39, 0.29) is 11.3 Å². The second-order valence-electron chi connectivity index (χ2n) is 3.32. The Hall–Kier alpha value is -1.84. The lowest BCUT2D eigenvalue weighted by atomic mass is 10.0. The second kappa shape index (κ2) is 4.13. The van der Waals surface area contributed by atoms with Crippen LogP contribution in [-0.4, -0.2) is 28.9 Å². The summed E-state index contributed by atoms with van der Waals surface area (Å²) in [6.45, 7) is 3.50. The molecule has 0 atom stereocenters. The molecule has 0 radical (unpaired) electrons. The highest BCUT2D eigenvalue weighted by atomic mass is 16.4. The summed E-state index contributed by atoms with van der Waals surface area (Å²) in [6.07, 6.45) is 0. The zero-order valence-corrected chi connectivity index (χ0v) is 8.90. The molecule has 0 spiro atoms. The zero-order chi connectivity index (χ0) is 11.6. The molecule has 4 nitrogen and oxygen atoms in total. The lowest BCUT2D eigenvalue weighted by Gasteiger charge is -2.08.